The molecule has 0 radical (unpaired) electrons. The van der Waals surface area contributed by atoms with E-state index in [0.717, 1.165) is 36.2 Å². The molecular formula is C16H25ClN4. The molecule has 0 saturated carbocycles. The fraction of sp³-hybridized carbons (Fsp3) is 0.625. The zero-order valence-corrected chi connectivity index (χ0v) is 14.1. The Morgan fingerprint density at radius 1 is 1.33 bits per heavy atom. The molecule has 2 aromatic rings. The lowest BCUT2D eigenvalue weighted by atomic mass is 10.0. The van der Waals surface area contributed by atoms with Gasteiger partial charge < -0.3 is 9.47 Å². The minimum absolute atomic E-state index is 0.408. The highest BCUT2D eigenvalue weighted by molar-refractivity contribution is 6.17. The van der Waals surface area contributed by atoms with E-state index in [1.165, 1.54) is 0 Å². The highest BCUT2D eigenvalue weighted by Crippen LogP contribution is 2.26. The summed E-state index contributed by atoms with van der Waals surface area (Å²) in [7, 11) is 4.24. The fourth-order valence-electron chi connectivity index (χ4n) is 2.90. The first-order valence-electron chi connectivity index (χ1n) is 7.54. The number of halogens is 1. The molecular weight excluding hydrogens is 284 g/mol. The van der Waals surface area contributed by atoms with Crippen molar-refractivity contribution in [3.05, 3.63) is 24.3 Å². The summed E-state index contributed by atoms with van der Waals surface area (Å²) >= 11 is 5.97. The van der Waals surface area contributed by atoms with Gasteiger partial charge in [0.25, 0.3) is 0 Å². The summed E-state index contributed by atoms with van der Waals surface area (Å²) in [6, 6.07) is 2.47. The third-order valence-corrected chi connectivity index (χ3v) is 3.76. The molecule has 0 saturated heterocycles. The number of hydrogen-bond acceptors (Lipinski definition) is 3. The second-order valence-electron chi connectivity index (χ2n) is 6.25. The normalized spacial score (nSPS) is 13.5. The third kappa shape index (κ3) is 3.95. The van der Waals surface area contributed by atoms with Gasteiger partial charge in [-0.1, -0.05) is 13.8 Å². The van der Waals surface area contributed by atoms with Gasteiger partial charge in [-0.2, -0.15) is 0 Å². The average molecular weight is 309 g/mol. The van der Waals surface area contributed by atoms with Gasteiger partial charge >= 0.3 is 0 Å². The van der Waals surface area contributed by atoms with Crippen LogP contribution in [0.25, 0.3) is 11.0 Å². The van der Waals surface area contributed by atoms with Gasteiger partial charge in [-0.3, -0.25) is 4.98 Å². The van der Waals surface area contributed by atoms with E-state index in [2.05, 4.69) is 48.5 Å². The average Bonchev–Trinajstić information content (AvgIpc) is 2.75. The Kier molecular flexibility index (Phi) is 5.59. The first-order valence-corrected chi connectivity index (χ1v) is 8.08. The summed E-state index contributed by atoms with van der Waals surface area (Å²) in [4.78, 5) is 11.2. The van der Waals surface area contributed by atoms with Crippen LogP contribution in [-0.4, -0.2) is 46.0 Å². The maximum Gasteiger partial charge on any atom is 0.111 e. The number of aryl methyl sites for hydroxylation is 1. The molecule has 21 heavy (non-hydrogen) atoms. The van der Waals surface area contributed by atoms with Gasteiger partial charge in [0, 0.05) is 31.1 Å². The Morgan fingerprint density at radius 3 is 2.71 bits per heavy atom. The van der Waals surface area contributed by atoms with E-state index in [1.54, 1.807) is 0 Å². The molecule has 2 heterocycles. The Labute approximate surface area is 132 Å². The molecule has 116 valence electrons. The summed E-state index contributed by atoms with van der Waals surface area (Å²) < 4.78 is 2.37. The second kappa shape index (κ2) is 7.23. The molecule has 0 aromatic carbocycles. The van der Waals surface area contributed by atoms with Crippen LogP contribution < -0.4 is 0 Å². The highest BCUT2D eigenvalue weighted by atomic mass is 35.5. The van der Waals surface area contributed by atoms with Crippen molar-refractivity contribution in [2.24, 2.45) is 5.92 Å². The summed E-state index contributed by atoms with van der Waals surface area (Å²) in [6.07, 6.45) is 5.60. The quantitative estimate of drug-likeness (QED) is 0.736. The van der Waals surface area contributed by atoms with Crippen LogP contribution in [0.5, 0.6) is 0 Å². The van der Waals surface area contributed by atoms with E-state index >= 15 is 0 Å². The number of aromatic nitrogens is 3. The molecule has 0 spiro atoms. The van der Waals surface area contributed by atoms with Crippen LogP contribution in [-0.2, 0) is 6.42 Å². The van der Waals surface area contributed by atoms with E-state index in [1.807, 2.05) is 12.4 Å². The number of imidazole rings is 1. The van der Waals surface area contributed by atoms with Gasteiger partial charge in [-0.25, -0.2) is 4.98 Å². The van der Waals surface area contributed by atoms with E-state index < -0.39 is 0 Å². The molecule has 0 fully saturated rings. The predicted molar refractivity (Wildman–Crippen MR) is 89.0 cm³/mol. The Morgan fingerprint density at radius 2 is 2.10 bits per heavy atom. The molecule has 0 amide bonds. The van der Waals surface area contributed by atoms with Crippen LogP contribution >= 0.6 is 11.6 Å². The van der Waals surface area contributed by atoms with Crippen molar-refractivity contribution < 1.29 is 0 Å². The lowest BCUT2D eigenvalue weighted by Gasteiger charge is -2.26. The first-order chi connectivity index (χ1) is 10.0. The zero-order chi connectivity index (χ0) is 15.4. The van der Waals surface area contributed by atoms with Crippen molar-refractivity contribution in [2.75, 3.05) is 26.5 Å². The first kappa shape index (κ1) is 16.2. The Hall–Kier alpha value is -1.13. The van der Waals surface area contributed by atoms with Crippen molar-refractivity contribution in [1.82, 2.24) is 19.4 Å². The van der Waals surface area contributed by atoms with Crippen molar-refractivity contribution >= 4 is 22.6 Å². The maximum absolute atomic E-state index is 5.97. The van der Waals surface area contributed by atoms with E-state index in [9.17, 15) is 0 Å². The molecule has 2 aromatic heterocycles. The van der Waals surface area contributed by atoms with Gasteiger partial charge in [-0.05, 0) is 32.5 Å². The van der Waals surface area contributed by atoms with Gasteiger partial charge in [0.1, 0.15) is 11.3 Å². The number of likely N-dealkylation sites (N-methyl/N-ethyl adjacent to an activating group) is 1. The Bertz CT molecular complexity index is 567. The van der Waals surface area contributed by atoms with Crippen LogP contribution in [0.15, 0.2) is 18.5 Å². The molecule has 2 rings (SSSR count). The smallest absolute Gasteiger partial charge is 0.111 e. The molecule has 1 atom stereocenters. The maximum atomic E-state index is 5.97. The topological polar surface area (TPSA) is 34.0 Å². The van der Waals surface area contributed by atoms with Gasteiger partial charge in [0.05, 0.1) is 11.7 Å². The zero-order valence-electron chi connectivity index (χ0n) is 13.4. The van der Waals surface area contributed by atoms with E-state index in [0.29, 0.717) is 17.8 Å². The Balaban J connectivity index is 2.50. The SMILES string of the molecule is CC(C)CC(CN(C)C)n1c(CCCl)nc2cnccc21. The lowest BCUT2D eigenvalue weighted by molar-refractivity contribution is 0.289. The minimum Gasteiger partial charge on any atom is -0.323 e. The number of hydrogen-bond donors (Lipinski definition) is 0. The van der Waals surface area contributed by atoms with Gasteiger partial charge in [-0.15, -0.1) is 11.6 Å². The van der Waals surface area contributed by atoms with Crippen LogP contribution in [0.4, 0.5) is 0 Å². The van der Waals surface area contributed by atoms with Gasteiger partial charge in [0.15, 0.2) is 0 Å². The largest absolute Gasteiger partial charge is 0.323 e. The van der Waals surface area contributed by atoms with Crippen LogP contribution in [0.1, 0.15) is 32.1 Å². The highest BCUT2D eigenvalue weighted by Gasteiger charge is 2.20. The molecule has 0 aliphatic rings. The van der Waals surface area contributed by atoms with Crippen molar-refractivity contribution in [3.63, 3.8) is 0 Å². The molecule has 0 aliphatic carbocycles. The van der Waals surface area contributed by atoms with Crippen molar-refractivity contribution in [2.45, 2.75) is 32.7 Å². The molecule has 0 bridgehead atoms. The van der Waals surface area contributed by atoms with E-state index in [-0.39, 0.29) is 0 Å². The minimum atomic E-state index is 0.408. The monoisotopic (exact) mass is 308 g/mol. The van der Waals surface area contributed by atoms with E-state index in [4.69, 9.17) is 16.6 Å². The van der Waals surface area contributed by atoms with Crippen molar-refractivity contribution in [3.8, 4) is 0 Å². The van der Waals surface area contributed by atoms with Crippen LogP contribution in [0.2, 0.25) is 0 Å². The molecule has 0 aliphatic heterocycles. The lowest BCUT2D eigenvalue weighted by Crippen LogP contribution is -2.27. The molecule has 0 N–H and O–H groups in total. The number of nitrogens with zero attached hydrogens (tertiary/aromatic N) is 4. The predicted octanol–water partition coefficient (Wildman–Crippen LogP) is 3.36. The number of fused-ring (bicyclic) bond motifs is 1. The summed E-state index contributed by atoms with van der Waals surface area (Å²) in [5.41, 5.74) is 2.13. The molecule has 1 unspecified atom stereocenters. The number of pyridine rings is 1. The summed E-state index contributed by atoms with van der Waals surface area (Å²) in [6.45, 7) is 5.54. The third-order valence-electron chi connectivity index (χ3n) is 3.57. The molecule has 5 heteroatoms. The molecule has 4 nitrogen and oxygen atoms in total. The number of alkyl halides is 1. The van der Waals surface area contributed by atoms with Crippen LogP contribution in [0, 0.1) is 5.92 Å². The standard InChI is InChI=1S/C16H25ClN4/c1-12(2)9-13(11-20(3)4)21-15-6-8-18-10-14(15)19-16(21)5-7-17/h6,8,10,12-13H,5,7,9,11H2,1-4H3. The van der Waals surface area contributed by atoms with Gasteiger partial charge in [0.2, 0.25) is 0 Å². The summed E-state index contributed by atoms with van der Waals surface area (Å²) in [5, 5.41) is 0. The fourth-order valence-corrected chi connectivity index (χ4v) is 3.07. The van der Waals surface area contributed by atoms with Crippen molar-refractivity contribution in [1.29, 1.82) is 0 Å². The summed E-state index contributed by atoms with van der Waals surface area (Å²) in [5.74, 6) is 2.30. The number of rotatable bonds is 7. The second-order valence-corrected chi connectivity index (χ2v) is 6.62. The van der Waals surface area contributed by atoms with Crippen LogP contribution in [0.3, 0.4) is 0 Å².